The summed E-state index contributed by atoms with van der Waals surface area (Å²) in [5.41, 5.74) is 1.40. The van der Waals surface area contributed by atoms with Crippen LogP contribution in [0.2, 0.25) is 0 Å². The minimum absolute atomic E-state index is 0.152. The maximum Gasteiger partial charge on any atom is 0.205 e. The lowest BCUT2D eigenvalue weighted by Gasteiger charge is -2.57. The van der Waals surface area contributed by atoms with Crippen molar-refractivity contribution in [2.24, 2.45) is 34.6 Å². The molecule has 3 atom stereocenters. The number of hydrogen-bond acceptors (Lipinski definition) is 3. The first-order valence-electron chi connectivity index (χ1n) is 15.0. The van der Waals surface area contributed by atoms with Crippen LogP contribution in [0.15, 0.2) is 29.3 Å². The molecule has 2 N–H and O–H groups in total. The summed E-state index contributed by atoms with van der Waals surface area (Å²) in [5.74, 6) is 4.38. The topological polar surface area (TPSA) is 63.5 Å². The molecule has 5 nitrogen and oxygen atoms in total. The summed E-state index contributed by atoms with van der Waals surface area (Å²) >= 11 is 0. The quantitative estimate of drug-likeness (QED) is 0.228. The number of aliphatic imine (C=N–C) groups is 1. The zero-order valence-corrected chi connectivity index (χ0v) is 22.3. The van der Waals surface area contributed by atoms with E-state index in [2.05, 4.69) is 21.7 Å². The van der Waals surface area contributed by atoms with Crippen LogP contribution in [0.25, 0.3) is 0 Å². The fraction of sp³-hybridized carbons (Fsp3) is 0.742. The first kappa shape index (κ1) is 25.2. The van der Waals surface area contributed by atoms with Crippen LogP contribution in [0.4, 0.5) is 4.39 Å². The molecule has 0 radical (unpaired) electrons. The molecular formula is C31H44FN5. The van der Waals surface area contributed by atoms with Crippen LogP contribution in [-0.4, -0.2) is 42.1 Å². The molecule has 0 amide bonds. The minimum atomic E-state index is -0.152. The molecule has 7 rings (SSSR count). The summed E-state index contributed by atoms with van der Waals surface area (Å²) in [5, 5.41) is 16.4. The van der Waals surface area contributed by atoms with E-state index in [0.717, 1.165) is 49.6 Å². The summed E-state index contributed by atoms with van der Waals surface area (Å²) in [6, 6.07) is 7.35. The van der Waals surface area contributed by atoms with Gasteiger partial charge in [0, 0.05) is 18.6 Å². The minimum Gasteiger partial charge on any atom is -0.350 e. The molecule has 1 aromatic carbocycles. The van der Waals surface area contributed by atoms with E-state index in [1.165, 1.54) is 82.7 Å². The highest BCUT2D eigenvalue weighted by Gasteiger charge is 2.51. The molecule has 4 bridgehead atoms. The van der Waals surface area contributed by atoms with Crippen molar-refractivity contribution >= 4 is 5.96 Å². The number of benzene rings is 1. The highest BCUT2D eigenvalue weighted by Crippen LogP contribution is 2.55. The number of likely N-dealkylation sites (tertiary alicyclic amines) is 1. The van der Waals surface area contributed by atoms with Gasteiger partial charge < -0.3 is 10.2 Å². The van der Waals surface area contributed by atoms with E-state index in [1.807, 2.05) is 12.1 Å². The number of rotatable bonds is 6. The Morgan fingerprint density at radius 2 is 1.70 bits per heavy atom. The van der Waals surface area contributed by atoms with Crippen LogP contribution < -0.4 is 10.6 Å². The number of guanidine groups is 1. The van der Waals surface area contributed by atoms with Crippen LogP contribution >= 0.6 is 0 Å². The number of nitrogens with zero attached hydrogens (tertiary/aromatic N) is 3. The van der Waals surface area contributed by atoms with Gasteiger partial charge in [0.15, 0.2) is 6.19 Å². The predicted molar refractivity (Wildman–Crippen MR) is 145 cm³/mol. The Hall–Kier alpha value is -2.13. The molecule has 1 saturated heterocycles. The molecule has 0 spiro atoms. The zero-order valence-electron chi connectivity index (χ0n) is 22.3. The summed E-state index contributed by atoms with van der Waals surface area (Å²) in [4.78, 5) is 7.92. The summed E-state index contributed by atoms with van der Waals surface area (Å²) in [7, 11) is 0. The molecule has 6 fully saturated rings. The molecule has 1 heterocycles. The van der Waals surface area contributed by atoms with Crippen LogP contribution in [0.5, 0.6) is 0 Å². The van der Waals surface area contributed by atoms with Gasteiger partial charge in [-0.3, -0.25) is 5.32 Å². The fourth-order valence-electron chi connectivity index (χ4n) is 9.17. The Bertz CT molecular complexity index is 963. The summed E-state index contributed by atoms with van der Waals surface area (Å²) < 4.78 is 13.3. The number of hydrogen-bond donors (Lipinski definition) is 2. The van der Waals surface area contributed by atoms with Gasteiger partial charge >= 0.3 is 0 Å². The van der Waals surface area contributed by atoms with E-state index in [4.69, 9.17) is 4.99 Å². The van der Waals surface area contributed by atoms with Crippen LogP contribution in [0.1, 0.15) is 82.6 Å². The van der Waals surface area contributed by atoms with Gasteiger partial charge in [0.1, 0.15) is 5.82 Å². The molecule has 5 aliphatic carbocycles. The third kappa shape index (κ3) is 5.98. The largest absolute Gasteiger partial charge is 0.350 e. The van der Waals surface area contributed by atoms with E-state index in [-0.39, 0.29) is 17.4 Å². The SMILES string of the molecule is N#CNC(=N[C@@H]1CCCC[C@H]1CN1CCC[C@@H](Cc2ccc(F)cc2)C1)NC12CC3CC(CC(C3)C1)C2. The predicted octanol–water partition coefficient (Wildman–Crippen LogP) is 5.62. The second-order valence-electron chi connectivity index (χ2n) is 13.2. The molecule has 6 aliphatic rings. The van der Waals surface area contributed by atoms with Crippen molar-refractivity contribution in [3.8, 4) is 6.19 Å². The van der Waals surface area contributed by atoms with Crippen molar-refractivity contribution in [2.45, 2.75) is 95.1 Å². The van der Waals surface area contributed by atoms with Gasteiger partial charge in [-0.2, -0.15) is 5.26 Å². The van der Waals surface area contributed by atoms with Crippen molar-refractivity contribution in [2.75, 3.05) is 19.6 Å². The lowest BCUT2D eigenvalue weighted by atomic mass is 9.53. The van der Waals surface area contributed by atoms with Gasteiger partial charge in [0.2, 0.25) is 5.96 Å². The molecule has 5 saturated carbocycles. The van der Waals surface area contributed by atoms with E-state index in [0.29, 0.717) is 11.8 Å². The van der Waals surface area contributed by atoms with Crippen molar-refractivity contribution < 1.29 is 4.39 Å². The highest BCUT2D eigenvalue weighted by atomic mass is 19.1. The third-order valence-electron chi connectivity index (χ3n) is 10.3. The second kappa shape index (κ2) is 10.9. The molecule has 37 heavy (non-hydrogen) atoms. The first-order chi connectivity index (χ1) is 18.1. The average Bonchev–Trinajstić information content (AvgIpc) is 2.86. The van der Waals surface area contributed by atoms with Crippen molar-refractivity contribution in [3.05, 3.63) is 35.6 Å². The second-order valence-corrected chi connectivity index (χ2v) is 13.2. The van der Waals surface area contributed by atoms with Crippen molar-refractivity contribution in [3.63, 3.8) is 0 Å². The van der Waals surface area contributed by atoms with Gasteiger partial charge in [0.05, 0.1) is 6.04 Å². The fourth-order valence-corrected chi connectivity index (χ4v) is 9.17. The molecule has 0 aromatic heterocycles. The Morgan fingerprint density at radius 3 is 2.41 bits per heavy atom. The lowest BCUT2D eigenvalue weighted by molar-refractivity contribution is -0.0105. The number of nitrogens with one attached hydrogen (secondary N) is 2. The van der Waals surface area contributed by atoms with Crippen molar-refractivity contribution in [1.82, 2.24) is 15.5 Å². The Morgan fingerprint density at radius 1 is 1.00 bits per heavy atom. The smallest absolute Gasteiger partial charge is 0.205 e. The average molecular weight is 506 g/mol. The van der Waals surface area contributed by atoms with Crippen LogP contribution in [-0.2, 0) is 6.42 Å². The third-order valence-corrected chi connectivity index (χ3v) is 10.3. The van der Waals surface area contributed by atoms with Gasteiger partial charge in [-0.15, -0.1) is 0 Å². The maximum absolute atomic E-state index is 13.3. The monoisotopic (exact) mass is 505 g/mol. The maximum atomic E-state index is 13.3. The summed E-state index contributed by atoms with van der Waals surface area (Å²) in [6.07, 6.45) is 18.6. The van der Waals surface area contributed by atoms with Gasteiger partial charge in [-0.05, 0) is 124 Å². The molecule has 6 heteroatoms. The van der Waals surface area contributed by atoms with E-state index in [9.17, 15) is 9.65 Å². The first-order valence-corrected chi connectivity index (χ1v) is 15.0. The molecular weight excluding hydrogens is 461 g/mol. The Balaban J connectivity index is 1.10. The van der Waals surface area contributed by atoms with Crippen molar-refractivity contribution in [1.29, 1.82) is 5.26 Å². The Kier molecular flexibility index (Phi) is 7.43. The Labute approximate surface area is 222 Å². The molecule has 1 aromatic rings. The van der Waals surface area contributed by atoms with Crippen LogP contribution in [0, 0.1) is 46.9 Å². The number of halogens is 1. The molecule has 0 unspecified atom stereocenters. The van der Waals surface area contributed by atoms with Gasteiger partial charge in [0.25, 0.3) is 0 Å². The normalized spacial score (nSPS) is 37.8. The number of piperidine rings is 1. The standard InChI is InChI=1S/C31H44FN5/c32-28-9-7-22(8-10-28)12-23-4-3-11-37(19-23)20-27-5-1-2-6-29(27)35-30(34-21-33)36-31-16-24-13-25(17-31)15-26(14-24)18-31/h7-10,23-27,29H,1-6,11-20H2,(H2,34,35,36)/t23-,24?,25?,26?,27-,29+,31?/m0/s1. The van der Waals surface area contributed by atoms with Gasteiger partial charge in [-0.25, -0.2) is 9.38 Å². The lowest BCUT2D eigenvalue weighted by Crippen LogP contribution is -2.61. The highest BCUT2D eigenvalue weighted by molar-refractivity contribution is 5.82. The number of nitriles is 1. The molecule has 1 aliphatic heterocycles. The van der Waals surface area contributed by atoms with Gasteiger partial charge in [-0.1, -0.05) is 25.0 Å². The van der Waals surface area contributed by atoms with E-state index < -0.39 is 0 Å². The zero-order chi connectivity index (χ0) is 25.2. The summed E-state index contributed by atoms with van der Waals surface area (Å²) in [6.45, 7) is 3.39. The molecule has 200 valence electrons. The van der Waals surface area contributed by atoms with E-state index in [1.54, 1.807) is 12.1 Å². The van der Waals surface area contributed by atoms with Crippen LogP contribution in [0.3, 0.4) is 0 Å². The van der Waals surface area contributed by atoms with E-state index >= 15 is 0 Å².